The van der Waals surface area contributed by atoms with Crippen molar-refractivity contribution >= 4 is 5.97 Å². The third-order valence-electron chi connectivity index (χ3n) is 1.21. The standard InChI is InChI=1S/C5H10N2O3/c8-5(9)1-2-7-3-6-4-10-7/h6H,1-4H2,(H,8,9). The van der Waals surface area contributed by atoms with Gasteiger partial charge in [0, 0.05) is 6.54 Å². The van der Waals surface area contributed by atoms with Gasteiger partial charge in [-0.2, -0.15) is 5.06 Å². The van der Waals surface area contributed by atoms with E-state index in [0.29, 0.717) is 19.9 Å². The van der Waals surface area contributed by atoms with Crippen molar-refractivity contribution in [1.82, 2.24) is 10.4 Å². The van der Waals surface area contributed by atoms with Crippen molar-refractivity contribution in [1.29, 1.82) is 0 Å². The van der Waals surface area contributed by atoms with Gasteiger partial charge in [-0.25, -0.2) is 0 Å². The van der Waals surface area contributed by atoms with E-state index in [-0.39, 0.29) is 6.42 Å². The third-order valence-corrected chi connectivity index (χ3v) is 1.21. The van der Waals surface area contributed by atoms with Crippen molar-refractivity contribution in [3.8, 4) is 0 Å². The van der Waals surface area contributed by atoms with Crippen LogP contribution in [-0.2, 0) is 9.63 Å². The number of carbonyl (C=O) groups is 1. The van der Waals surface area contributed by atoms with E-state index in [9.17, 15) is 4.79 Å². The lowest BCUT2D eigenvalue weighted by Crippen LogP contribution is -2.23. The van der Waals surface area contributed by atoms with Crippen LogP contribution in [-0.4, -0.2) is 36.1 Å². The highest BCUT2D eigenvalue weighted by Gasteiger charge is 2.11. The van der Waals surface area contributed by atoms with E-state index in [1.807, 2.05) is 0 Å². The zero-order valence-electron chi connectivity index (χ0n) is 5.54. The molecule has 0 aliphatic carbocycles. The smallest absolute Gasteiger partial charge is 0.304 e. The number of hydrogen-bond acceptors (Lipinski definition) is 4. The summed E-state index contributed by atoms with van der Waals surface area (Å²) < 4.78 is 0. The van der Waals surface area contributed by atoms with Gasteiger partial charge in [-0.15, -0.1) is 0 Å². The Morgan fingerprint density at radius 1 is 1.80 bits per heavy atom. The van der Waals surface area contributed by atoms with E-state index < -0.39 is 5.97 Å². The Bertz CT molecular complexity index is 122. The maximum atomic E-state index is 10.1. The minimum atomic E-state index is -0.796. The summed E-state index contributed by atoms with van der Waals surface area (Å²) in [5, 5.41) is 12.8. The number of hydrogen-bond donors (Lipinski definition) is 2. The summed E-state index contributed by atoms with van der Waals surface area (Å²) in [7, 11) is 0. The zero-order valence-corrected chi connectivity index (χ0v) is 5.54. The first-order valence-corrected chi connectivity index (χ1v) is 3.09. The number of nitrogens with zero attached hydrogens (tertiary/aromatic N) is 1. The quantitative estimate of drug-likeness (QED) is 0.546. The number of nitrogens with one attached hydrogen (secondary N) is 1. The lowest BCUT2D eigenvalue weighted by molar-refractivity contribution is -0.143. The molecule has 1 rings (SSSR count). The number of carboxylic acids is 1. The van der Waals surface area contributed by atoms with E-state index in [4.69, 9.17) is 9.94 Å². The van der Waals surface area contributed by atoms with Gasteiger partial charge in [0.15, 0.2) is 0 Å². The first-order chi connectivity index (χ1) is 4.79. The topological polar surface area (TPSA) is 61.8 Å². The molecule has 0 unspecified atom stereocenters. The van der Waals surface area contributed by atoms with Crippen molar-refractivity contribution in [3.05, 3.63) is 0 Å². The molecule has 0 aromatic heterocycles. The van der Waals surface area contributed by atoms with Gasteiger partial charge in [0.1, 0.15) is 6.73 Å². The Labute approximate surface area is 58.5 Å². The average Bonchev–Trinajstić information content (AvgIpc) is 2.34. The molecule has 1 aliphatic heterocycles. The largest absolute Gasteiger partial charge is 0.481 e. The van der Waals surface area contributed by atoms with Crippen LogP contribution in [0.2, 0.25) is 0 Å². The van der Waals surface area contributed by atoms with Crippen LogP contribution in [0.5, 0.6) is 0 Å². The predicted molar refractivity (Wildman–Crippen MR) is 32.9 cm³/mol. The molecule has 1 heterocycles. The van der Waals surface area contributed by atoms with Crippen LogP contribution in [0.15, 0.2) is 0 Å². The molecule has 0 radical (unpaired) electrons. The fourth-order valence-electron chi connectivity index (χ4n) is 0.717. The molecule has 5 heteroatoms. The lowest BCUT2D eigenvalue weighted by Gasteiger charge is -2.09. The second kappa shape index (κ2) is 3.50. The Kier molecular flexibility index (Phi) is 2.61. The monoisotopic (exact) mass is 146 g/mol. The van der Waals surface area contributed by atoms with Gasteiger partial charge in [0.05, 0.1) is 13.1 Å². The minimum absolute atomic E-state index is 0.127. The molecule has 1 fully saturated rings. The summed E-state index contributed by atoms with van der Waals surface area (Å²) in [5.41, 5.74) is 0. The summed E-state index contributed by atoms with van der Waals surface area (Å²) >= 11 is 0. The van der Waals surface area contributed by atoms with Crippen LogP contribution in [0.1, 0.15) is 6.42 Å². The Balaban J connectivity index is 2.07. The highest BCUT2D eigenvalue weighted by atomic mass is 16.7. The van der Waals surface area contributed by atoms with Gasteiger partial charge < -0.3 is 5.11 Å². The van der Waals surface area contributed by atoms with Gasteiger partial charge in [0.25, 0.3) is 0 Å². The van der Waals surface area contributed by atoms with Gasteiger partial charge >= 0.3 is 5.97 Å². The summed E-state index contributed by atoms with van der Waals surface area (Å²) in [4.78, 5) is 15.0. The van der Waals surface area contributed by atoms with Gasteiger partial charge in [-0.1, -0.05) is 0 Å². The normalized spacial score (nSPS) is 19.6. The number of hydroxylamine groups is 2. The third kappa shape index (κ3) is 2.30. The first kappa shape index (κ1) is 7.46. The second-order valence-electron chi connectivity index (χ2n) is 2.03. The number of aliphatic carboxylic acids is 1. The molecular formula is C5H10N2O3. The van der Waals surface area contributed by atoms with Crippen molar-refractivity contribution in [3.63, 3.8) is 0 Å². The second-order valence-corrected chi connectivity index (χ2v) is 2.03. The van der Waals surface area contributed by atoms with Gasteiger partial charge in [-0.05, 0) is 0 Å². The van der Waals surface area contributed by atoms with E-state index >= 15 is 0 Å². The lowest BCUT2D eigenvalue weighted by atomic mass is 10.4. The van der Waals surface area contributed by atoms with Crippen molar-refractivity contribution in [2.24, 2.45) is 0 Å². The van der Waals surface area contributed by atoms with Gasteiger partial charge in [-0.3, -0.25) is 14.9 Å². The molecule has 0 amide bonds. The Morgan fingerprint density at radius 2 is 2.60 bits per heavy atom. The fourth-order valence-corrected chi connectivity index (χ4v) is 0.717. The molecule has 5 nitrogen and oxygen atoms in total. The van der Waals surface area contributed by atoms with Gasteiger partial charge in [0.2, 0.25) is 0 Å². The molecule has 58 valence electrons. The first-order valence-electron chi connectivity index (χ1n) is 3.09. The van der Waals surface area contributed by atoms with Crippen molar-refractivity contribution < 1.29 is 14.7 Å². The summed E-state index contributed by atoms with van der Waals surface area (Å²) in [6, 6.07) is 0. The van der Waals surface area contributed by atoms with E-state index in [0.717, 1.165) is 0 Å². The molecule has 1 aliphatic rings. The van der Waals surface area contributed by atoms with E-state index in [1.54, 1.807) is 5.06 Å². The van der Waals surface area contributed by atoms with Crippen LogP contribution >= 0.6 is 0 Å². The van der Waals surface area contributed by atoms with Crippen LogP contribution in [0, 0.1) is 0 Å². The minimum Gasteiger partial charge on any atom is -0.481 e. The van der Waals surface area contributed by atoms with E-state index in [1.165, 1.54) is 0 Å². The molecule has 0 atom stereocenters. The van der Waals surface area contributed by atoms with Crippen LogP contribution in [0.4, 0.5) is 0 Å². The molecule has 10 heavy (non-hydrogen) atoms. The maximum Gasteiger partial charge on any atom is 0.304 e. The number of carboxylic acid groups (broad SMARTS) is 1. The van der Waals surface area contributed by atoms with Crippen molar-refractivity contribution in [2.75, 3.05) is 19.9 Å². The van der Waals surface area contributed by atoms with Crippen molar-refractivity contribution in [2.45, 2.75) is 6.42 Å². The SMILES string of the molecule is O=C(O)CCN1CNCO1. The molecule has 1 saturated heterocycles. The summed E-state index contributed by atoms with van der Waals surface area (Å²) in [6.07, 6.45) is 0.127. The van der Waals surface area contributed by atoms with Crippen LogP contribution in [0.25, 0.3) is 0 Å². The number of rotatable bonds is 3. The molecule has 0 aromatic carbocycles. The highest BCUT2D eigenvalue weighted by Crippen LogP contribution is 1.95. The van der Waals surface area contributed by atoms with Crippen LogP contribution in [0.3, 0.4) is 0 Å². The highest BCUT2D eigenvalue weighted by molar-refractivity contribution is 5.66. The Morgan fingerprint density at radius 3 is 3.10 bits per heavy atom. The summed E-state index contributed by atoms with van der Waals surface area (Å²) in [5.74, 6) is -0.796. The van der Waals surface area contributed by atoms with E-state index in [2.05, 4.69) is 5.32 Å². The average molecular weight is 146 g/mol. The zero-order chi connectivity index (χ0) is 7.40. The molecule has 0 spiro atoms. The molecular weight excluding hydrogens is 136 g/mol. The fraction of sp³-hybridized carbons (Fsp3) is 0.800. The Hall–Kier alpha value is -0.650. The van der Waals surface area contributed by atoms with Crippen LogP contribution < -0.4 is 5.32 Å². The molecule has 2 N–H and O–H groups in total. The molecule has 0 aromatic rings. The molecule has 0 bridgehead atoms. The predicted octanol–water partition coefficient (Wildman–Crippen LogP) is -0.787. The maximum absolute atomic E-state index is 10.1. The summed E-state index contributed by atoms with van der Waals surface area (Å²) in [6.45, 7) is 1.55. The molecule has 0 saturated carbocycles.